The van der Waals surface area contributed by atoms with Crippen LogP contribution in [0, 0.1) is 0 Å². The predicted molar refractivity (Wildman–Crippen MR) is 70.8 cm³/mol. The summed E-state index contributed by atoms with van der Waals surface area (Å²) in [4.78, 5) is 16.6. The van der Waals surface area contributed by atoms with Gasteiger partial charge in [0.1, 0.15) is 11.8 Å². The summed E-state index contributed by atoms with van der Waals surface area (Å²) in [7, 11) is 0. The molecule has 0 N–H and O–H groups in total. The van der Waals surface area contributed by atoms with Crippen molar-refractivity contribution < 1.29 is 9.53 Å². The molecule has 2 heterocycles. The number of esters is 1. The molecule has 98 valence electrons. The molecule has 1 aliphatic rings. The predicted octanol–water partition coefficient (Wildman–Crippen LogP) is 2.70. The lowest BCUT2D eigenvalue weighted by Crippen LogP contribution is -2.14. The molecular formula is C13H13N3O2S. The molecule has 2 aromatic heterocycles. The Morgan fingerprint density at radius 1 is 1.37 bits per heavy atom. The summed E-state index contributed by atoms with van der Waals surface area (Å²) in [6.45, 7) is 0. The second kappa shape index (κ2) is 5.44. The van der Waals surface area contributed by atoms with Crippen LogP contribution >= 0.6 is 11.5 Å². The molecule has 3 rings (SSSR count). The summed E-state index contributed by atoms with van der Waals surface area (Å²) in [6.07, 6.45) is 7.59. The highest BCUT2D eigenvalue weighted by Gasteiger charge is 2.24. The molecule has 0 saturated heterocycles. The lowest BCUT2D eigenvalue weighted by molar-refractivity contribution is 0.0324. The van der Waals surface area contributed by atoms with Crippen LogP contribution in [-0.4, -0.2) is 26.6 Å². The van der Waals surface area contributed by atoms with Crippen molar-refractivity contribution in [2.24, 2.45) is 0 Å². The summed E-state index contributed by atoms with van der Waals surface area (Å²) < 4.78 is 9.35. The maximum Gasteiger partial charge on any atom is 0.352 e. The second-order valence-corrected chi connectivity index (χ2v) is 5.26. The minimum atomic E-state index is -0.319. The van der Waals surface area contributed by atoms with Crippen LogP contribution in [0.15, 0.2) is 24.5 Å². The van der Waals surface area contributed by atoms with Crippen molar-refractivity contribution in [3.63, 3.8) is 0 Å². The smallest absolute Gasteiger partial charge is 0.352 e. The molecule has 0 amide bonds. The highest BCUT2D eigenvalue weighted by molar-refractivity contribution is 7.08. The monoisotopic (exact) mass is 275 g/mol. The van der Waals surface area contributed by atoms with Gasteiger partial charge >= 0.3 is 5.97 Å². The first kappa shape index (κ1) is 12.2. The van der Waals surface area contributed by atoms with Gasteiger partial charge in [-0.2, -0.15) is 0 Å². The summed E-state index contributed by atoms with van der Waals surface area (Å²) in [5.41, 5.74) is 1.34. The summed E-state index contributed by atoms with van der Waals surface area (Å²) in [5, 5.41) is 4.01. The third-order valence-electron chi connectivity index (χ3n) is 3.18. The minimum absolute atomic E-state index is 0.0522. The number of carbonyl (C=O) groups excluding carboxylic acids is 1. The molecule has 0 spiro atoms. The highest BCUT2D eigenvalue weighted by Crippen LogP contribution is 2.27. The fourth-order valence-corrected chi connectivity index (χ4v) is 2.80. The summed E-state index contributed by atoms with van der Waals surface area (Å²) in [6, 6.07) is 3.66. The molecule has 0 aliphatic heterocycles. The van der Waals surface area contributed by atoms with E-state index in [2.05, 4.69) is 14.6 Å². The first-order valence-corrected chi connectivity index (χ1v) is 7.05. The Hall–Kier alpha value is -1.82. The zero-order valence-corrected chi connectivity index (χ0v) is 11.1. The average molecular weight is 275 g/mol. The Kier molecular flexibility index (Phi) is 3.50. The second-order valence-electron chi connectivity index (χ2n) is 4.50. The molecule has 19 heavy (non-hydrogen) atoms. The maximum absolute atomic E-state index is 12.1. The zero-order valence-electron chi connectivity index (χ0n) is 10.3. The fraction of sp³-hybridized carbons (Fsp3) is 0.385. The van der Waals surface area contributed by atoms with Crippen LogP contribution < -0.4 is 0 Å². The fourth-order valence-electron chi connectivity index (χ4n) is 2.23. The van der Waals surface area contributed by atoms with E-state index in [1.807, 2.05) is 6.07 Å². The number of ether oxygens (including phenoxy) is 1. The lowest BCUT2D eigenvalue weighted by atomic mass is 10.2. The van der Waals surface area contributed by atoms with Crippen molar-refractivity contribution in [2.75, 3.05) is 0 Å². The number of hydrogen-bond donors (Lipinski definition) is 0. The number of rotatable bonds is 3. The number of nitrogens with zero attached hydrogens (tertiary/aromatic N) is 3. The molecule has 2 aromatic rings. The molecule has 1 fully saturated rings. The van der Waals surface area contributed by atoms with Gasteiger partial charge in [-0.3, -0.25) is 4.98 Å². The maximum atomic E-state index is 12.1. The summed E-state index contributed by atoms with van der Waals surface area (Å²) in [5.74, 6) is -0.319. The number of pyridine rings is 1. The Morgan fingerprint density at radius 3 is 2.95 bits per heavy atom. The van der Waals surface area contributed by atoms with Crippen molar-refractivity contribution in [3.05, 3.63) is 29.4 Å². The number of carbonyl (C=O) groups is 1. The van der Waals surface area contributed by atoms with Crippen LogP contribution in [0.3, 0.4) is 0 Å². The normalized spacial score (nSPS) is 15.6. The van der Waals surface area contributed by atoms with Gasteiger partial charge in [-0.05, 0) is 49.3 Å². The molecule has 6 heteroatoms. The van der Waals surface area contributed by atoms with Gasteiger partial charge in [0.2, 0.25) is 0 Å². The lowest BCUT2D eigenvalue weighted by Gasteiger charge is -2.10. The largest absolute Gasteiger partial charge is 0.458 e. The van der Waals surface area contributed by atoms with E-state index in [-0.39, 0.29) is 12.1 Å². The quantitative estimate of drug-likeness (QED) is 0.806. The molecule has 0 aromatic carbocycles. The van der Waals surface area contributed by atoms with Crippen molar-refractivity contribution in [1.82, 2.24) is 14.6 Å². The number of hydrogen-bond acceptors (Lipinski definition) is 6. The third kappa shape index (κ3) is 2.63. The minimum Gasteiger partial charge on any atom is -0.458 e. The van der Waals surface area contributed by atoms with E-state index >= 15 is 0 Å². The SMILES string of the molecule is O=C(OC1CCCC1)c1snnc1-c1cccnc1. The van der Waals surface area contributed by atoms with Crippen molar-refractivity contribution in [3.8, 4) is 11.3 Å². The van der Waals surface area contributed by atoms with E-state index in [1.165, 1.54) is 0 Å². The van der Waals surface area contributed by atoms with Gasteiger partial charge < -0.3 is 4.74 Å². The molecule has 0 unspecified atom stereocenters. The summed E-state index contributed by atoms with van der Waals surface area (Å²) >= 11 is 1.07. The van der Waals surface area contributed by atoms with Crippen LogP contribution in [0.4, 0.5) is 0 Å². The van der Waals surface area contributed by atoms with Gasteiger partial charge in [0.05, 0.1) is 0 Å². The Labute approximate surface area is 114 Å². The van der Waals surface area contributed by atoms with Crippen LogP contribution in [0.5, 0.6) is 0 Å². The highest BCUT2D eigenvalue weighted by atomic mass is 32.1. The first-order chi connectivity index (χ1) is 9.34. The van der Waals surface area contributed by atoms with E-state index in [9.17, 15) is 4.79 Å². The van der Waals surface area contributed by atoms with E-state index in [0.29, 0.717) is 10.6 Å². The van der Waals surface area contributed by atoms with Crippen molar-refractivity contribution in [2.45, 2.75) is 31.8 Å². The van der Waals surface area contributed by atoms with Crippen molar-refractivity contribution in [1.29, 1.82) is 0 Å². The molecule has 0 bridgehead atoms. The Balaban J connectivity index is 1.81. The zero-order chi connectivity index (χ0) is 13.1. The molecule has 0 radical (unpaired) electrons. The molecule has 5 nitrogen and oxygen atoms in total. The van der Waals surface area contributed by atoms with Gasteiger partial charge in [-0.1, -0.05) is 4.49 Å². The van der Waals surface area contributed by atoms with E-state index in [0.717, 1.165) is 42.8 Å². The van der Waals surface area contributed by atoms with Crippen molar-refractivity contribution >= 4 is 17.5 Å². The average Bonchev–Trinajstić information content (AvgIpc) is 3.10. The van der Waals surface area contributed by atoms with E-state index in [1.54, 1.807) is 18.5 Å². The van der Waals surface area contributed by atoms with E-state index < -0.39 is 0 Å². The topological polar surface area (TPSA) is 65.0 Å². The van der Waals surface area contributed by atoms with Gasteiger partial charge in [-0.15, -0.1) is 5.10 Å². The van der Waals surface area contributed by atoms with Gasteiger partial charge in [0, 0.05) is 18.0 Å². The van der Waals surface area contributed by atoms with Gasteiger partial charge in [0.25, 0.3) is 0 Å². The Morgan fingerprint density at radius 2 is 2.21 bits per heavy atom. The van der Waals surface area contributed by atoms with Gasteiger partial charge in [0.15, 0.2) is 4.88 Å². The van der Waals surface area contributed by atoms with Crippen LogP contribution in [0.25, 0.3) is 11.3 Å². The van der Waals surface area contributed by atoms with Crippen LogP contribution in [-0.2, 0) is 4.74 Å². The van der Waals surface area contributed by atoms with Crippen LogP contribution in [0.2, 0.25) is 0 Å². The molecule has 1 aliphatic carbocycles. The first-order valence-electron chi connectivity index (χ1n) is 6.28. The third-order valence-corrected chi connectivity index (χ3v) is 3.89. The van der Waals surface area contributed by atoms with Gasteiger partial charge in [-0.25, -0.2) is 4.79 Å². The Bertz CT molecular complexity index is 564. The van der Waals surface area contributed by atoms with E-state index in [4.69, 9.17) is 4.74 Å². The number of aromatic nitrogens is 3. The molecular weight excluding hydrogens is 262 g/mol. The molecule has 1 saturated carbocycles. The van der Waals surface area contributed by atoms with Crippen LogP contribution in [0.1, 0.15) is 35.4 Å². The standard InChI is InChI=1S/C13H13N3O2S/c17-13(18-10-5-1-2-6-10)12-11(15-16-19-12)9-4-3-7-14-8-9/h3-4,7-8,10H,1-2,5-6H2. The molecule has 0 atom stereocenters.